The van der Waals surface area contributed by atoms with E-state index in [1.165, 1.54) is 27.2 Å². The van der Waals surface area contributed by atoms with Crippen molar-refractivity contribution in [3.05, 3.63) is 10.9 Å². The molecule has 1 aromatic rings. The molecule has 1 aliphatic heterocycles. The summed E-state index contributed by atoms with van der Waals surface area (Å²) in [6.07, 6.45) is 0.221. The predicted octanol–water partition coefficient (Wildman–Crippen LogP) is 1.03. The lowest BCUT2D eigenvalue weighted by Gasteiger charge is -2.19. The monoisotopic (exact) mass is 363 g/mol. The van der Waals surface area contributed by atoms with Gasteiger partial charge in [-0.2, -0.15) is 4.31 Å². The molecule has 1 atom stereocenters. The van der Waals surface area contributed by atoms with Gasteiger partial charge in [0, 0.05) is 19.2 Å². The number of carboxylic acid groups (broad SMARTS) is 1. The van der Waals surface area contributed by atoms with E-state index in [1.54, 1.807) is 0 Å². The Morgan fingerprint density at radius 3 is 2.52 bits per heavy atom. The standard InChI is InChI=1S/C13H17NO7S2/c1-13(12(16)17)4-5-14(7-13)23(18,19)11-8(20-2)6-9(22-11)10(15)21-3/h6H,4-5,7H2,1-3H3,(H,16,17). The Bertz CT molecular complexity index is 740. The third-order valence-electron chi connectivity index (χ3n) is 3.80. The molecule has 0 amide bonds. The fourth-order valence-corrected chi connectivity index (χ4v) is 5.50. The van der Waals surface area contributed by atoms with Gasteiger partial charge in [-0.15, -0.1) is 11.3 Å². The molecule has 0 aliphatic carbocycles. The molecular weight excluding hydrogens is 346 g/mol. The lowest BCUT2D eigenvalue weighted by molar-refractivity contribution is -0.146. The molecule has 2 rings (SSSR count). The summed E-state index contributed by atoms with van der Waals surface area (Å²) in [7, 11) is -1.46. The molecule has 1 saturated heterocycles. The highest BCUT2D eigenvalue weighted by Gasteiger charge is 2.46. The number of nitrogens with zero attached hydrogens (tertiary/aromatic N) is 1. The van der Waals surface area contributed by atoms with Crippen molar-refractivity contribution in [3.8, 4) is 5.75 Å². The largest absolute Gasteiger partial charge is 0.494 e. The molecule has 8 nitrogen and oxygen atoms in total. The number of hydrogen-bond acceptors (Lipinski definition) is 7. The van der Waals surface area contributed by atoms with Crippen LogP contribution in [-0.4, -0.2) is 57.1 Å². The molecule has 2 heterocycles. The van der Waals surface area contributed by atoms with Crippen LogP contribution in [0.1, 0.15) is 23.0 Å². The second-order valence-electron chi connectivity index (χ2n) is 5.41. The summed E-state index contributed by atoms with van der Waals surface area (Å²) in [5.74, 6) is -1.66. The maximum Gasteiger partial charge on any atom is 0.348 e. The summed E-state index contributed by atoms with van der Waals surface area (Å²) in [6.45, 7) is 1.48. The second-order valence-corrected chi connectivity index (χ2v) is 8.60. The molecule has 0 spiro atoms. The Morgan fingerprint density at radius 2 is 2.04 bits per heavy atom. The van der Waals surface area contributed by atoms with Crippen molar-refractivity contribution >= 4 is 33.3 Å². The van der Waals surface area contributed by atoms with Crippen LogP contribution in [0.4, 0.5) is 0 Å². The van der Waals surface area contributed by atoms with Crippen molar-refractivity contribution in [2.75, 3.05) is 27.3 Å². The van der Waals surface area contributed by atoms with Gasteiger partial charge in [-0.3, -0.25) is 4.79 Å². The van der Waals surface area contributed by atoms with Crippen molar-refractivity contribution in [1.29, 1.82) is 0 Å². The van der Waals surface area contributed by atoms with Gasteiger partial charge in [-0.25, -0.2) is 13.2 Å². The molecule has 128 valence electrons. The Kier molecular flexibility index (Phi) is 4.69. The minimum absolute atomic E-state index is 0.0410. The number of ether oxygens (including phenoxy) is 2. The van der Waals surface area contributed by atoms with Crippen molar-refractivity contribution in [2.24, 2.45) is 5.41 Å². The van der Waals surface area contributed by atoms with Crippen molar-refractivity contribution in [3.63, 3.8) is 0 Å². The minimum Gasteiger partial charge on any atom is -0.494 e. The summed E-state index contributed by atoms with van der Waals surface area (Å²) < 4.78 is 36.1. The first kappa shape index (κ1) is 17.7. The molecule has 1 aromatic heterocycles. The van der Waals surface area contributed by atoms with Crippen LogP contribution in [0.25, 0.3) is 0 Å². The normalized spacial score (nSPS) is 22.0. The number of hydrogen-bond donors (Lipinski definition) is 1. The predicted molar refractivity (Wildman–Crippen MR) is 81.3 cm³/mol. The smallest absolute Gasteiger partial charge is 0.348 e. The molecule has 1 N–H and O–H groups in total. The molecule has 0 aromatic carbocycles. The number of esters is 1. The lowest BCUT2D eigenvalue weighted by Crippen LogP contribution is -2.34. The highest BCUT2D eigenvalue weighted by atomic mass is 32.2. The molecule has 1 fully saturated rings. The van der Waals surface area contributed by atoms with Gasteiger partial charge in [0.05, 0.1) is 19.6 Å². The summed E-state index contributed by atoms with van der Waals surface area (Å²) in [4.78, 5) is 23.0. The Hall–Kier alpha value is -1.65. The van der Waals surface area contributed by atoms with Gasteiger partial charge in [0.1, 0.15) is 4.88 Å². The molecule has 0 radical (unpaired) electrons. The van der Waals surface area contributed by atoms with Gasteiger partial charge in [0.2, 0.25) is 0 Å². The quantitative estimate of drug-likeness (QED) is 0.778. The number of aliphatic carboxylic acids is 1. The van der Waals surface area contributed by atoms with Gasteiger partial charge < -0.3 is 14.6 Å². The maximum atomic E-state index is 12.8. The molecule has 1 unspecified atom stereocenters. The summed E-state index contributed by atoms with van der Waals surface area (Å²) in [6, 6.07) is 1.30. The van der Waals surface area contributed by atoms with E-state index in [2.05, 4.69) is 4.74 Å². The van der Waals surface area contributed by atoms with Crippen molar-refractivity contribution in [1.82, 2.24) is 4.31 Å². The molecule has 10 heteroatoms. The number of carbonyl (C=O) groups is 2. The van der Waals surface area contributed by atoms with E-state index in [0.29, 0.717) is 0 Å². The van der Waals surface area contributed by atoms with Gasteiger partial charge in [0.15, 0.2) is 9.96 Å². The average molecular weight is 363 g/mol. The molecule has 23 heavy (non-hydrogen) atoms. The number of thiophene rings is 1. The van der Waals surface area contributed by atoms with Crippen LogP contribution in [0.15, 0.2) is 10.3 Å². The van der Waals surface area contributed by atoms with E-state index in [0.717, 1.165) is 15.6 Å². The fraction of sp³-hybridized carbons (Fsp3) is 0.538. The highest BCUT2D eigenvalue weighted by Crippen LogP contribution is 2.40. The summed E-state index contributed by atoms with van der Waals surface area (Å²) in [5.41, 5.74) is -1.12. The zero-order valence-corrected chi connectivity index (χ0v) is 14.5. The van der Waals surface area contributed by atoms with E-state index in [-0.39, 0.29) is 34.3 Å². The fourth-order valence-electron chi connectivity index (χ4n) is 2.30. The third-order valence-corrected chi connectivity index (χ3v) is 7.24. The lowest BCUT2D eigenvalue weighted by atomic mass is 9.90. The van der Waals surface area contributed by atoms with E-state index < -0.39 is 27.4 Å². The van der Waals surface area contributed by atoms with Crippen LogP contribution in [0.5, 0.6) is 5.75 Å². The van der Waals surface area contributed by atoms with E-state index in [9.17, 15) is 23.1 Å². The maximum absolute atomic E-state index is 12.8. The number of carboxylic acids is 1. The average Bonchev–Trinajstić information content (AvgIpc) is 3.11. The number of carbonyl (C=O) groups excluding carboxylic acids is 1. The van der Waals surface area contributed by atoms with Gasteiger partial charge in [0.25, 0.3) is 10.0 Å². The minimum atomic E-state index is -3.95. The molecule has 1 aliphatic rings. The first-order valence-electron chi connectivity index (χ1n) is 6.65. The van der Waals surface area contributed by atoms with E-state index >= 15 is 0 Å². The number of methoxy groups -OCH3 is 2. The first-order chi connectivity index (χ1) is 10.7. The van der Waals surface area contributed by atoms with Gasteiger partial charge in [-0.05, 0) is 13.3 Å². The van der Waals surface area contributed by atoms with Crippen LogP contribution in [0.3, 0.4) is 0 Å². The Labute approximate surface area is 137 Å². The third kappa shape index (κ3) is 3.06. The SMILES string of the molecule is COC(=O)c1cc(OC)c(S(=O)(=O)N2CCC(C)(C(=O)O)C2)s1. The zero-order valence-electron chi connectivity index (χ0n) is 12.9. The zero-order chi connectivity index (χ0) is 17.4. The van der Waals surface area contributed by atoms with Crippen LogP contribution in [-0.2, 0) is 19.6 Å². The summed E-state index contributed by atoms with van der Waals surface area (Å²) in [5, 5.41) is 9.23. The second kappa shape index (κ2) is 6.10. The van der Waals surface area contributed by atoms with Crippen molar-refractivity contribution in [2.45, 2.75) is 17.6 Å². The molecular formula is C13H17NO7S2. The highest BCUT2D eigenvalue weighted by molar-refractivity contribution is 7.91. The number of rotatable bonds is 5. The topological polar surface area (TPSA) is 110 Å². The van der Waals surface area contributed by atoms with Crippen molar-refractivity contribution < 1.29 is 32.6 Å². The summed E-state index contributed by atoms with van der Waals surface area (Å²) >= 11 is 0.742. The van der Waals surface area contributed by atoms with Gasteiger partial charge >= 0.3 is 11.9 Å². The van der Waals surface area contributed by atoms with Crippen LogP contribution >= 0.6 is 11.3 Å². The van der Waals surface area contributed by atoms with Crippen LogP contribution in [0, 0.1) is 5.41 Å². The van der Waals surface area contributed by atoms with Gasteiger partial charge in [-0.1, -0.05) is 0 Å². The Balaban J connectivity index is 2.39. The van der Waals surface area contributed by atoms with Crippen LogP contribution in [0.2, 0.25) is 0 Å². The first-order valence-corrected chi connectivity index (χ1v) is 8.91. The van der Waals surface area contributed by atoms with E-state index in [4.69, 9.17) is 4.74 Å². The number of sulfonamides is 1. The molecule has 0 saturated carbocycles. The molecule has 0 bridgehead atoms. The van der Waals surface area contributed by atoms with Crippen LogP contribution < -0.4 is 4.74 Å². The van der Waals surface area contributed by atoms with E-state index in [1.807, 2.05) is 0 Å². The Morgan fingerprint density at radius 1 is 1.39 bits per heavy atom.